The zero-order chi connectivity index (χ0) is 21.3. The fourth-order valence-corrected chi connectivity index (χ4v) is 4.80. The molecule has 2 aliphatic rings. The number of nitrogens with one attached hydrogen (secondary N) is 2. The maximum absolute atomic E-state index is 12.8. The van der Waals surface area contributed by atoms with Crippen molar-refractivity contribution in [3.63, 3.8) is 0 Å². The van der Waals surface area contributed by atoms with Gasteiger partial charge in [-0.05, 0) is 61.2 Å². The number of ether oxygens (including phenoxy) is 1. The third-order valence-corrected chi connectivity index (χ3v) is 6.59. The lowest BCUT2D eigenvalue weighted by atomic mass is 10.1. The summed E-state index contributed by atoms with van der Waals surface area (Å²) in [6, 6.07) is 11.1. The van der Waals surface area contributed by atoms with E-state index >= 15 is 0 Å². The summed E-state index contributed by atoms with van der Waals surface area (Å²) < 4.78 is 33.6. The maximum atomic E-state index is 12.8. The van der Waals surface area contributed by atoms with Crippen LogP contribution in [0.15, 0.2) is 47.4 Å². The van der Waals surface area contributed by atoms with Crippen LogP contribution in [0.4, 0.5) is 17.1 Å². The van der Waals surface area contributed by atoms with E-state index in [1.165, 1.54) is 31.2 Å². The summed E-state index contributed by atoms with van der Waals surface area (Å²) in [6.45, 7) is 2.54. The van der Waals surface area contributed by atoms with Gasteiger partial charge in [-0.1, -0.05) is 6.07 Å². The minimum atomic E-state index is -3.82. The van der Waals surface area contributed by atoms with Crippen molar-refractivity contribution in [2.75, 3.05) is 28.1 Å². The molecule has 2 aromatic rings. The SMILES string of the molecule is CC(=O)Nc1ccc(S(=O)(=O)Nc2ccc3c(c2)N(C(=O)[C@H]2CCCO2)CC3)cc1. The van der Waals surface area contributed by atoms with E-state index in [-0.39, 0.29) is 16.7 Å². The summed E-state index contributed by atoms with van der Waals surface area (Å²) in [4.78, 5) is 25.6. The van der Waals surface area contributed by atoms with Gasteiger partial charge in [0.05, 0.1) is 10.6 Å². The number of benzene rings is 2. The van der Waals surface area contributed by atoms with Crippen LogP contribution < -0.4 is 14.9 Å². The Labute approximate surface area is 175 Å². The van der Waals surface area contributed by atoms with Gasteiger partial charge >= 0.3 is 0 Å². The highest BCUT2D eigenvalue weighted by atomic mass is 32.2. The van der Waals surface area contributed by atoms with Gasteiger partial charge in [0.1, 0.15) is 6.10 Å². The first-order valence-corrected chi connectivity index (χ1v) is 11.3. The Morgan fingerprint density at radius 2 is 1.83 bits per heavy atom. The fraction of sp³-hybridized carbons (Fsp3) is 0.333. The van der Waals surface area contributed by atoms with Crippen LogP contribution in [0.1, 0.15) is 25.3 Å². The Kier molecular flexibility index (Phi) is 5.48. The lowest BCUT2D eigenvalue weighted by Gasteiger charge is -2.21. The molecule has 4 rings (SSSR count). The topological polar surface area (TPSA) is 105 Å². The van der Waals surface area contributed by atoms with E-state index in [0.29, 0.717) is 30.9 Å². The molecule has 9 heteroatoms. The largest absolute Gasteiger partial charge is 0.368 e. The summed E-state index contributed by atoms with van der Waals surface area (Å²) in [6.07, 6.45) is 1.90. The molecule has 2 aromatic carbocycles. The number of nitrogens with zero attached hydrogens (tertiary/aromatic N) is 1. The molecule has 158 valence electrons. The molecular weight excluding hydrogens is 406 g/mol. The van der Waals surface area contributed by atoms with Gasteiger partial charge < -0.3 is 15.0 Å². The van der Waals surface area contributed by atoms with Crippen LogP contribution in [0.2, 0.25) is 0 Å². The molecule has 2 N–H and O–H groups in total. The van der Waals surface area contributed by atoms with E-state index in [0.717, 1.165) is 24.1 Å². The second-order valence-corrected chi connectivity index (χ2v) is 9.08. The summed E-state index contributed by atoms with van der Waals surface area (Å²) in [7, 11) is -3.82. The molecule has 0 unspecified atom stereocenters. The van der Waals surface area contributed by atoms with Crippen molar-refractivity contribution in [1.29, 1.82) is 0 Å². The Morgan fingerprint density at radius 1 is 1.10 bits per heavy atom. The van der Waals surface area contributed by atoms with Gasteiger partial charge in [0.25, 0.3) is 15.9 Å². The molecule has 0 saturated carbocycles. The first-order valence-electron chi connectivity index (χ1n) is 9.80. The zero-order valence-corrected chi connectivity index (χ0v) is 17.4. The Hall–Kier alpha value is -2.91. The first kappa shape index (κ1) is 20.4. The number of rotatable bonds is 5. The quantitative estimate of drug-likeness (QED) is 0.760. The van der Waals surface area contributed by atoms with Gasteiger partial charge in [0.2, 0.25) is 5.91 Å². The van der Waals surface area contributed by atoms with Crippen molar-refractivity contribution in [3.05, 3.63) is 48.0 Å². The maximum Gasteiger partial charge on any atom is 0.261 e. The third kappa shape index (κ3) is 4.17. The molecule has 0 spiro atoms. The Bertz CT molecular complexity index is 1080. The highest BCUT2D eigenvalue weighted by Crippen LogP contribution is 2.33. The van der Waals surface area contributed by atoms with E-state index in [1.807, 2.05) is 6.07 Å². The van der Waals surface area contributed by atoms with Crippen LogP contribution in [-0.2, 0) is 30.8 Å². The normalized spacial score (nSPS) is 18.2. The number of anilines is 3. The lowest BCUT2D eigenvalue weighted by Crippen LogP contribution is -2.37. The average Bonchev–Trinajstić information content (AvgIpc) is 3.37. The molecule has 0 bridgehead atoms. The Balaban J connectivity index is 1.53. The number of hydrogen-bond donors (Lipinski definition) is 2. The number of fused-ring (bicyclic) bond motifs is 1. The summed E-state index contributed by atoms with van der Waals surface area (Å²) in [5.41, 5.74) is 2.62. The Morgan fingerprint density at radius 3 is 2.50 bits per heavy atom. The number of carbonyl (C=O) groups is 2. The molecule has 0 aliphatic carbocycles. The third-order valence-electron chi connectivity index (χ3n) is 5.19. The van der Waals surface area contributed by atoms with Crippen molar-refractivity contribution in [3.8, 4) is 0 Å². The molecule has 1 atom stereocenters. The van der Waals surface area contributed by atoms with Crippen LogP contribution in [0, 0.1) is 0 Å². The van der Waals surface area contributed by atoms with Gasteiger partial charge in [0.15, 0.2) is 0 Å². The highest BCUT2D eigenvalue weighted by Gasteiger charge is 2.33. The summed E-state index contributed by atoms with van der Waals surface area (Å²) in [5.74, 6) is -0.302. The number of carbonyl (C=O) groups excluding carboxylic acids is 2. The summed E-state index contributed by atoms with van der Waals surface area (Å²) in [5, 5.41) is 2.60. The van der Waals surface area contributed by atoms with Gasteiger partial charge in [-0.15, -0.1) is 0 Å². The van der Waals surface area contributed by atoms with E-state index < -0.39 is 16.1 Å². The molecule has 2 amide bonds. The molecule has 1 saturated heterocycles. The molecule has 1 fully saturated rings. The van der Waals surface area contributed by atoms with E-state index in [9.17, 15) is 18.0 Å². The minimum Gasteiger partial charge on any atom is -0.368 e. The average molecular weight is 429 g/mol. The number of amides is 2. The molecule has 0 aromatic heterocycles. The number of sulfonamides is 1. The van der Waals surface area contributed by atoms with Gasteiger partial charge in [-0.2, -0.15) is 0 Å². The van der Waals surface area contributed by atoms with E-state index in [4.69, 9.17) is 4.74 Å². The van der Waals surface area contributed by atoms with Gasteiger partial charge in [-0.25, -0.2) is 8.42 Å². The van der Waals surface area contributed by atoms with Crippen molar-refractivity contribution in [2.24, 2.45) is 0 Å². The standard InChI is InChI=1S/C21H23N3O5S/c1-14(25)22-16-6-8-18(9-7-16)30(27,28)23-17-5-4-15-10-11-24(19(15)13-17)21(26)20-3-2-12-29-20/h4-9,13,20,23H,2-3,10-12H2,1H3,(H,22,25)/t20-/m1/s1. The molecule has 8 nitrogen and oxygen atoms in total. The van der Waals surface area contributed by atoms with E-state index in [2.05, 4.69) is 10.0 Å². The predicted octanol–water partition coefficient (Wildman–Crippen LogP) is 2.51. The van der Waals surface area contributed by atoms with Crippen LogP contribution >= 0.6 is 0 Å². The second kappa shape index (κ2) is 8.08. The predicted molar refractivity (Wildman–Crippen MR) is 113 cm³/mol. The zero-order valence-electron chi connectivity index (χ0n) is 16.6. The van der Waals surface area contributed by atoms with E-state index in [1.54, 1.807) is 17.0 Å². The fourth-order valence-electron chi connectivity index (χ4n) is 3.75. The second-order valence-electron chi connectivity index (χ2n) is 7.40. The van der Waals surface area contributed by atoms with Crippen LogP contribution in [-0.4, -0.2) is 39.5 Å². The van der Waals surface area contributed by atoms with Crippen molar-refractivity contribution >= 4 is 38.9 Å². The smallest absolute Gasteiger partial charge is 0.261 e. The van der Waals surface area contributed by atoms with Crippen LogP contribution in [0.25, 0.3) is 0 Å². The van der Waals surface area contributed by atoms with Crippen LogP contribution in [0.3, 0.4) is 0 Å². The first-order chi connectivity index (χ1) is 14.3. The van der Waals surface area contributed by atoms with Crippen molar-refractivity contribution in [1.82, 2.24) is 0 Å². The molecule has 2 heterocycles. The highest BCUT2D eigenvalue weighted by molar-refractivity contribution is 7.92. The van der Waals surface area contributed by atoms with Gasteiger partial charge in [-0.3, -0.25) is 14.3 Å². The van der Waals surface area contributed by atoms with Gasteiger partial charge in [0, 0.05) is 31.5 Å². The van der Waals surface area contributed by atoms with Crippen molar-refractivity contribution in [2.45, 2.75) is 37.2 Å². The monoisotopic (exact) mass is 429 g/mol. The number of hydrogen-bond acceptors (Lipinski definition) is 5. The molecule has 0 radical (unpaired) electrons. The minimum absolute atomic E-state index is 0.0696. The molecule has 2 aliphatic heterocycles. The molecule has 30 heavy (non-hydrogen) atoms. The van der Waals surface area contributed by atoms with Crippen LogP contribution in [0.5, 0.6) is 0 Å². The lowest BCUT2D eigenvalue weighted by molar-refractivity contribution is -0.127. The summed E-state index contributed by atoms with van der Waals surface area (Å²) >= 11 is 0. The van der Waals surface area contributed by atoms with Crippen molar-refractivity contribution < 1.29 is 22.7 Å². The molecular formula is C21H23N3O5S.